The van der Waals surface area contributed by atoms with E-state index in [-0.39, 0.29) is 12.1 Å². The Hall–Kier alpha value is -1.05. The molecule has 1 aromatic carbocycles. The van der Waals surface area contributed by atoms with Crippen molar-refractivity contribution in [1.29, 1.82) is 0 Å². The van der Waals surface area contributed by atoms with Crippen LogP contribution in [-0.2, 0) is 16.6 Å². The summed E-state index contributed by atoms with van der Waals surface area (Å²) in [6.45, 7) is 0.724. The molecule has 21 heavy (non-hydrogen) atoms. The van der Waals surface area contributed by atoms with Crippen LogP contribution in [0.25, 0.3) is 0 Å². The molecule has 0 aliphatic carbocycles. The maximum Gasteiger partial charge on any atom is 0.245 e. The van der Waals surface area contributed by atoms with Gasteiger partial charge in [-0.1, -0.05) is 12.8 Å². The highest BCUT2D eigenvalue weighted by molar-refractivity contribution is 7.89. The molecule has 1 fully saturated rings. The van der Waals surface area contributed by atoms with Crippen LogP contribution in [0.5, 0.6) is 0 Å². The van der Waals surface area contributed by atoms with Crippen molar-refractivity contribution in [3.8, 4) is 0 Å². The minimum atomic E-state index is -3.91. The van der Waals surface area contributed by atoms with Crippen LogP contribution in [0.1, 0.15) is 31.2 Å². The summed E-state index contributed by atoms with van der Waals surface area (Å²) in [4.78, 5) is -0.434. The number of sulfonamides is 1. The molecule has 0 radical (unpaired) electrons. The third-order valence-corrected chi connectivity index (χ3v) is 5.60. The largest absolute Gasteiger partial charge is 0.315 e. The van der Waals surface area contributed by atoms with Gasteiger partial charge in [0.2, 0.25) is 10.0 Å². The summed E-state index contributed by atoms with van der Waals surface area (Å²) >= 11 is 0. The van der Waals surface area contributed by atoms with E-state index in [4.69, 9.17) is 0 Å². The Bertz CT molecular complexity index is 597. The fraction of sp³-hybridized carbons (Fsp3) is 0.571. The van der Waals surface area contributed by atoms with Crippen LogP contribution in [-0.4, -0.2) is 32.9 Å². The number of hydrogen-bond donors (Lipinski definition) is 1. The Balaban J connectivity index is 2.42. The standard InChI is InChI=1S/C14H20F2N2O2S/c1-17-10-11-12(15)6-7-13(14(11)16)21(19,20)18-8-4-2-3-5-9-18/h6-7,17H,2-5,8-10H2,1H3. The zero-order chi connectivity index (χ0) is 15.5. The molecule has 0 bridgehead atoms. The molecule has 118 valence electrons. The lowest BCUT2D eigenvalue weighted by molar-refractivity contribution is 0.418. The van der Waals surface area contributed by atoms with Crippen LogP contribution in [0.4, 0.5) is 8.78 Å². The van der Waals surface area contributed by atoms with Crippen molar-refractivity contribution in [2.24, 2.45) is 0 Å². The van der Waals surface area contributed by atoms with Gasteiger partial charge in [0.15, 0.2) is 5.82 Å². The van der Waals surface area contributed by atoms with Crippen molar-refractivity contribution in [1.82, 2.24) is 9.62 Å². The molecule has 7 heteroatoms. The van der Waals surface area contributed by atoms with E-state index >= 15 is 0 Å². The second kappa shape index (κ2) is 6.81. The lowest BCUT2D eigenvalue weighted by Crippen LogP contribution is -2.33. The SMILES string of the molecule is CNCc1c(F)ccc(S(=O)(=O)N2CCCCCC2)c1F. The molecular formula is C14H20F2N2O2S. The van der Waals surface area contributed by atoms with Crippen molar-refractivity contribution in [3.05, 3.63) is 29.3 Å². The van der Waals surface area contributed by atoms with Crippen LogP contribution in [0.3, 0.4) is 0 Å². The third-order valence-electron chi connectivity index (χ3n) is 3.69. The Morgan fingerprint density at radius 1 is 1.14 bits per heavy atom. The van der Waals surface area contributed by atoms with E-state index in [1.807, 2.05) is 0 Å². The molecule has 2 rings (SSSR count). The lowest BCUT2D eigenvalue weighted by Gasteiger charge is -2.21. The number of hydrogen-bond acceptors (Lipinski definition) is 3. The molecule has 1 heterocycles. The molecular weight excluding hydrogens is 298 g/mol. The van der Waals surface area contributed by atoms with Crippen molar-refractivity contribution < 1.29 is 17.2 Å². The summed E-state index contributed by atoms with van der Waals surface area (Å²) < 4.78 is 54.5. The van der Waals surface area contributed by atoms with Gasteiger partial charge in [0, 0.05) is 25.2 Å². The first kappa shape index (κ1) is 16.3. The third kappa shape index (κ3) is 3.41. The average Bonchev–Trinajstić information content (AvgIpc) is 2.72. The summed E-state index contributed by atoms with van der Waals surface area (Å²) in [5.74, 6) is -1.73. The van der Waals surface area contributed by atoms with Gasteiger partial charge in [-0.2, -0.15) is 4.31 Å². The summed E-state index contributed by atoms with van der Waals surface area (Å²) in [5.41, 5.74) is -0.242. The van der Waals surface area contributed by atoms with Gasteiger partial charge in [0.1, 0.15) is 10.7 Å². The number of benzene rings is 1. The van der Waals surface area contributed by atoms with Crippen molar-refractivity contribution >= 4 is 10.0 Å². The van der Waals surface area contributed by atoms with Crippen molar-refractivity contribution in [2.75, 3.05) is 20.1 Å². The maximum atomic E-state index is 14.4. The monoisotopic (exact) mass is 318 g/mol. The summed E-state index contributed by atoms with van der Waals surface area (Å²) in [5, 5.41) is 2.65. The van der Waals surface area contributed by atoms with Crippen molar-refractivity contribution in [2.45, 2.75) is 37.1 Å². The first-order valence-corrected chi connectivity index (χ1v) is 8.54. The highest BCUT2D eigenvalue weighted by atomic mass is 32.2. The highest BCUT2D eigenvalue weighted by Gasteiger charge is 2.29. The molecule has 1 aromatic rings. The maximum absolute atomic E-state index is 14.4. The van der Waals surface area contributed by atoms with Crippen molar-refractivity contribution in [3.63, 3.8) is 0 Å². The molecule has 1 N–H and O–H groups in total. The van der Waals surface area contributed by atoms with Gasteiger partial charge in [-0.05, 0) is 32.0 Å². The average molecular weight is 318 g/mol. The van der Waals surface area contributed by atoms with Gasteiger partial charge in [-0.15, -0.1) is 0 Å². The van der Waals surface area contributed by atoms with Crippen LogP contribution in [0.15, 0.2) is 17.0 Å². The zero-order valence-corrected chi connectivity index (χ0v) is 12.8. The van der Waals surface area contributed by atoms with Crippen LogP contribution >= 0.6 is 0 Å². The second-order valence-electron chi connectivity index (χ2n) is 5.19. The molecule has 0 spiro atoms. The Labute approximate surface area is 124 Å². The Kier molecular flexibility index (Phi) is 5.29. The summed E-state index contributed by atoms with van der Waals surface area (Å²) in [6.07, 6.45) is 3.49. The van der Waals surface area contributed by atoms with Crippen LogP contribution in [0.2, 0.25) is 0 Å². The summed E-state index contributed by atoms with van der Waals surface area (Å²) in [6, 6.07) is 2.03. The number of nitrogens with one attached hydrogen (secondary N) is 1. The first-order chi connectivity index (χ1) is 9.98. The predicted molar refractivity (Wildman–Crippen MR) is 76.3 cm³/mol. The van der Waals surface area contributed by atoms with E-state index in [2.05, 4.69) is 5.32 Å². The van der Waals surface area contributed by atoms with Crippen LogP contribution in [0, 0.1) is 11.6 Å². The Morgan fingerprint density at radius 2 is 1.76 bits per heavy atom. The topological polar surface area (TPSA) is 49.4 Å². The molecule has 0 atom stereocenters. The fourth-order valence-corrected chi connectivity index (χ4v) is 4.14. The molecule has 0 saturated carbocycles. The predicted octanol–water partition coefficient (Wildman–Crippen LogP) is 2.25. The molecule has 4 nitrogen and oxygen atoms in total. The van der Waals surface area contributed by atoms with E-state index in [1.165, 1.54) is 4.31 Å². The van der Waals surface area contributed by atoms with Gasteiger partial charge in [-0.25, -0.2) is 17.2 Å². The molecule has 0 amide bonds. The molecule has 1 aliphatic rings. The number of rotatable bonds is 4. The van der Waals surface area contributed by atoms with Gasteiger partial charge in [-0.3, -0.25) is 0 Å². The number of halogens is 2. The van der Waals surface area contributed by atoms with Gasteiger partial charge in [0.25, 0.3) is 0 Å². The summed E-state index contributed by atoms with van der Waals surface area (Å²) in [7, 11) is -2.36. The van der Waals surface area contributed by atoms with Gasteiger partial charge in [0.05, 0.1) is 0 Å². The van der Waals surface area contributed by atoms with E-state index < -0.39 is 26.6 Å². The number of nitrogens with zero attached hydrogens (tertiary/aromatic N) is 1. The van der Waals surface area contributed by atoms with Gasteiger partial charge < -0.3 is 5.32 Å². The van der Waals surface area contributed by atoms with Crippen LogP contribution < -0.4 is 5.32 Å². The fourth-order valence-electron chi connectivity index (χ4n) is 2.54. The minimum absolute atomic E-state index is 0.0545. The van der Waals surface area contributed by atoms with E-state index in [0.29, 0.717) is 13.1 Å². The molecule has 0 aromatic heterocycles. The normalized spacial score (nSPS) is 17.7. The first-order valence-electron chi connectivity index (χ1n) is 7.10. The lowest BCUT2D eigenvalue weighted by atomic mass is 10.2. The Morgan fingerprint density at radius 3 is 2.33 bits per heavy atom. The van der Waals surface area contributed by atoms with Gasteiger partial charge >= 0.3 is 0 Å². The van der Waals surface area contributed by atoms with E-state index in [9.17, 15) is 17.2 Å². The molecule has 1 aliphatic heterocycles. The zero-order valence-electron chi connectivity index (χ0n) is 12.0. The van der Waals surface area contributed by atoms with E-state index in [1.54, 1.807) is 7.05 Å². The quantitative estimate of drug-likeness (QED) is 0.926. The van der Waals surface area contributed by atoms with E-state index in [0.717, 1.165) is 37.8 Å². The molecule has 0 unspecified atom stereocenters. The smallest absolute Gasteiger partial charge is 0.245 e. The second-order valence-corrected chi connectivity index (χ2v) is 7.09. The highest BCUT2D eigenvalue weighted by Crippen LogP contribution is 2.25. The molecule has 1 saturated heterocycles. The minimum Gasteiger partial charge on any atom is -0.315 e.